The quantitative estimate of drug-likeness (QED) is 0.0939. The van der Waals surface area contributed by atoms with Crippen LogP contribution in [0.4, 0.5) is 14.4 Å². The Labute approximate surface area is 501 Å². The van der Waals surface area contributed by atoms with E-state index in [0.29, 0.717) is 90.9 Å². The van der Waals surface area contributed by atoms with Crippen molar-refractivity contribution in [3.63, 3.8) is 0 Å². The maximum absolute atomic E-state index is 14.5. The number of carboxylic acid groups (broad SMARTS) is 1. The Morgan fingerprint density at radius 1 is 0.405 bits per heavy atom. The molecule has 3 aromatic rings. The van der Waals surface area contributed by atoms with Crippen LogP contribution in [0.1, 0.15) is 177 Å². The lowest BCUT2D eigenvalue weighted by Gasteiger charge is -2.36. The average molecular weight is 1170 g/mol. The minimum absolute atomic E-state index is 0.198. The van der Waals surface area contributed by atoms with Gasteiger partial charge in [0.2, 0.25) is 0 Å². The number of likely N-dealkylation sites (tertiary alicyclic amines) is 3. The first-order valence-electron chi connectivity index (χ1n) is 30.2. The van der Waals surface area contributed by atoms with Gasteiger partial charge in [-0.3, -0.25) is 19.3 Å². The molecule has 0 saturated carbocycles. The van der Waals surface area contributed by atoms with Crippen molar-refractivity contribution >= 4 is 36.2 Å². The predicted molar refractivity (Wildman–Crippen MR) is 325 cm³/mol. The smallest absolute Gasteiger partial charge is 0.410 e. The molecule has 3 aliphatic heterocycles. The van der Waals surface area contributed by atoms with E-state index in [2.05, 4.69) is 41.3 Å². The van der Waals surface area contributed by atoms with Crippen LogP contribution in [0.25, 0.3) is 0 Å². The summed E-state index contributed by atoms with van der Waals surface area (Å²) in [5, 5.41) is 9.92. The van der Waals surface area contributed by atoms with Gasteiger partial charge < -0.3 is 43.5 Å². The number of ether oxygens (including phenoxy) is 5. The van der Waals surface area contributed by atoms with Gasteiger partial charge in [0, 0.05) is 58.9 Å². The van der Waals surface area contributed by atoms with E-state index in [-0.39, 0.29) is 42.2 Å². The Balaban J connectivity index is 1.35. The van der Waals surface area contributed by atoms with Crippen LogP contribution in [-0.4, -0.2) is 128 Å². The van der Waals surface area contributed by atoms with Gasteiger partial charge in [-0.15, -0.1) is 0 Å². The molecule has 3 amide bonds. The van der Waals surface area contributed by atoms with E-state index >= 15 is 0 Å². The molecule has 0 aliphatic carbocycles. The van der Waals surface area contributed by atoms with Gasteiger partial charge in [-0.1, -0.05) is 72.8 Å². The summed E-state index contributed by atoms with van der Waals surface area (Å²) in [5.41, 5.74) is -0.664. The zero-order valence-corrected chi connectivity index (χ0v) is 54.0. The van der Waals surface area contributed by atoms with Crippen molar-refractivity contribution in [1.29, 1.82) is 0 Å². The monoisotopic (exact) mass is 1160 g/mol. The number of rotatable bonds is 18. The lowest BCUT2D eigenvalue weighted by molar-refractivity contribution is -0.171. The molecule has 464 valence electrons. The van der Waals surface area contributed by atoms with Crippen molar-refractivity contribution in [3.05, 3.63) is 106 Å². The van der Waals surface area contributed by atoms with Crippen molar-refractivity contribution in [3.8, 4) is 0 Å². The van der Waals surface area contributed by atoms with Gasteiger partial charge in [0.25, 0.3) is 0 Å². The van der Waals surface area contributed by atoms with Crippen molar-refractivity contribution in [1.82, 2.24) is 19.6 Å². The first kappa shape index (κ1) is 67.0. The van der Waals surface area contributed by atoms with Crippen molar-refractivity contribution < 1.29 is 57.6 Å². The molecule has 0 aromatic heterocycles. The average Bonchev–Trinajstić information content (AvgIpc) is 3.45. The number of benzene rings is 3. The van der Waals surface area contributed by atoms with E-state index in [9.17, 15) is 33.9 Å². The summed E-state index contributed by atoms with van der Waals surface area (Å²) >= 11 is 0. The van der Waals surface area contributed by atoms with E-state index in [1.807, 2.05) is 161 Å². The Kier molecular flexibility index (Phi) is 20.6. The second kappa shape index (κ2) is 25.8. The van der Waals surface area contributed by atoms with E-state index in [0.717, 1.165) is 33.4 Å². The van der Waals surface area contributed by atoms with Crippen molar-refractivity contribution in [2.45, 2.75) is 211 Å². The van der Waals surface area contributed by atoms with Gasteiger partial charge in [-0.05, 0) is 214 Å². The molecule has 3 fully saturated rings. The highest BCUT2D eigenvalue weighted by Gasteiger charge is 2.51. The highest BCUT2D eigenvalue weighted by molar-refractivity contribution is 5.80. The highest BCUT2D eigenvalue weighted by atomic mass is 16.6. The van der Waals surface area contributed by atoms with Crippen LogP contribution >= 0.6 is 0 Å². The maximum Gasteiger partial charge on any atom is 0.410 e. The van der Waals surface area contributed by atoms with Crippen LogP contribution in [0, 0.1) is 34.0 Å². The number of amides is 3. The molecule has 16 nitrogen and oxygen atoms in total. The zero-order chi connectivity index (χ0) is 62.6. The third-order valence-electron chi connectivity index (χ3n) is 16.3. The first-order valence-corrected chi connectivity index (χ1v) is 30.2. The van der Waals surface area contributed by atoms with Crippen LogP contribution in [0.2, 0.25) is 0 Å². The van der Waals surface area contributed by atoms with Crippen LogP contribution in [0.15, 0.2) is 72.8 Å². The fourth-order valence-corrected chi connectivity index (χ4v) is 12.1. The number of hydrogen-bond donors (Lipinski definition) is 1. The molecule has 3 aliphatic rings. The molecule has 3 heterocycles. The third-order valence-corrected chi connectivity index (χ3v) is 16.3. The third kappa shape index (κ3) is 18.7. The number of nitrogens with zero attached hydrogens (tertiary/aromatic N) is 4. The Morgan fingerprint density at radius 3 is 0.905 bits per heavy atom. The molecule has 1 N–H and O–H groups in total. The van der Waals surface area contributed by atoms with Gasteiger partial charge in [0.15, 0.2) is 0 Å². The molecule has 0 bridgehead atoms. The molecule has 0 radical (unpaired) electrons. The number of esters is 3. The topological polar surface area (TPSA) is 182 Å². The van der Waals surface area contributed by atoms with Gasteiger partial charge in [0.1, 0.15) is 28.0 Å². The second-order valence-corrected chi connectivity index (χ2v) is 29.9. The highest BCUT2D eigenvalue weighted by Crippen LogP contribution is 2.44. The zero-order valence-electron chi connectivity index (χ0n) is 54.0. The first-order chi connectivity index (χ1) is 38.6. The fourth-order valence-electron chi connectivity index (χ4n) is 12.1. The molecule has 0 spiro atoms. The summed E-state index contributed by atoms with van der Waals surface area (Å²) in [6.45, 7) is 37.4. The SMILES string of the molecule is CC(C)(C)OC(=O)N1CC[C@H](C(C)(Cc2cccc(CN(Cc3cccc(CC(C)(C(=O)OC(C)(C)C)[C@H]4CCN(C(=O)O)C4)c3)Cc3cccc(CC(C)(C(=O)OC(C)(C)C)[C@H]4CCN(C(=O)OC(C)(C)C)C4)c3)c2)C(=O)OC(C)(C)C)C1. The Morgan fingerprint density at radius 2 is 0.655 bits per heavy atom. The summed E-state index contributed by atoms with van der Waals surface area (Å²) in [6, 6.07) is 24.9. The Hall–Kier alpha value is -6.16. The van der Waals surface area contributed by atoms with E-state index in [1.165, 1.54) is 4.90 Å². The molecule has 6 rings (SSSR count). The van der Waals surface area contributed by atoms with E-state index in [4.69, 9.17) is 23.7 Å². The molecule has 3 aromatic carbocycles. The van der Waals surface area contributed by atoms with Crippen LogP contribution in [0.3, 0.4) is 0 Å². The van der Waals surface area contributed by atoms with Crippen LogP contribution < -0.4 is 0 Å². The molecule has 3 unspecified atom stereocenters. The normalized spacial score (nSPS) is 20.2. The van der Waals surface area contributed by atoms with Gasteiger partial charge in [0.05, 0.1) is 16.2 Å². The number of carbonyl (C=O) groups is 6. The molecule has 16 heteroatoms. The van der Waals surface area contributed by atoms with Crippen molar-refractivity contribution in [2.75, 3.05) is 39.3 Å². The predicted octanol–water partition coefficient (Wildman–Crippen LogP) is 13.1. The van der Waals surface area contributed by atoms with Crippen LogP contribution in [-0.2, 0) is 77.0 Å². The molecule has 3 saturated heterocycles. The van der Waals surface area contributed by atoms with Gasteiger partial charge in [-0.25, -0.2) is 14.4 Å². The largest absolute Gasteiger partial charge is 0.465 e. The lowest BCUT2D eigenvalue weighted by atomic mass is 9.72. The summed E-state index contributed by atoms with van der Waals surface area (Å²) in [4.78, 5) is 89.1. The fraction of sp³-hybridized carbons (Fsp3) is 0.647. The van der Waals surface area contributed by atoms with E-state index < -0.39 is 62.5 Å². The summed E-state index contributed by atoms with van der Waals surface area (Å²) in [5.74, 6) is -1.64. The lowest BCUT2D eigenvalue weighted by Crippen LogP contribution is -2.44. The second-order valence-electron chi connectivity index (χ2n) is 29.9. The molecule has 84 heavy (non-hydrogen) atoms. The number of carbonyl (C=O) groups excluding carboxylic acids is 5. The molecular formula is C68H100N4O12. The molecular weight excluding hydrogens is 1060 g/mol. The summed E-state index contributed by atoms with van der Waals surface area (Å²) < 4.78 is 29.9. The standard InChI is InChI=1S/C68H100N4O12/c1-61(2,3)80-55(73)66(16,52-28-31-70(43-52)58(76)77)37-46-22-19-25-49(34-46)40-69(41-50-26-20-23-47(35-50)38-67(17,56(74)81-62(4,5)6)53-29-32-71(44-53)59(78)83-64(10,11)12)42-51-27-21-24-48(36-51)39-68(18,57(75)82-63(7,8)9)54-30-33-72(45-54)60(79)84-65(13,14)15/h19-27,34-36,52-54H,28-33,37-45H2,1-18H3,(H,76,77)/t52-,53-,54-,66?,67?,68?/m0/s1. The molecule has 6 atom stereocenters. The minimum Gasteiger partial charge on any atom is -0.465 e. The summed E-state index contributed by atoms with van der Waals surface area (Å²) in [6.07, 6.45) is 1.06. The van der Waals surface area contributed by atoms with Gasteiger partial charge >= 0.3 is 36.2 Å². The minimum atomic E-state index is -1.02. The van der Waals surface area contributed by atoms with Gasteiger partial charge in [-0.2, -0.15) is 0 Å². The van der Waals surface area contributed by atoms with Crippen molar-refractivity contribution in [2.24, 2.45) is 34.0 Å². The Bertz CT molecular complexity index is 2700. The maximum atomic E-state index is 14.5. The summed E-state index contributed by atoms with van der Waals surface area (Å²) in [7, 11) is 0. The van der Waals surface area contributed by atoms with E-state index in [1.54, 1.807) is 9.80 Å². The number of hydrogen-bond acceptors (Lipinski definition) is 12. The van der Waals surface area contributed by atoms with Crippen LogP contribution in [0.5, 0.6) is 0 Å².